The molecule has 1 aliphatic rings. The maximum Gasteiger partial charge on any atom is 0.272 e. The lowest BCUT2D eigenvalue weighted by Crippen LogP contribution is -2.47. The first kappa shape index (κ1) is 18.4. The number of carbonyl (C=O) groups excluding carboxylic acids is 2. The van der Waals surface area contributed by atoms with Gasteiger partial charge in [0.25, 0.3) is 11.8 Å². The fourth-order valence-corrected chi connectivity index (χ4v) is 2.98. The molecule has 0 aliphatic carbocycles. The molecule has 0 radical (unpaired) electrons. The van der Waals surface area contributed by atoms with E-state index in [0.717, 1.165) is 18.7 Å². The Morgan fingerprint density at radius 1 is 1.15 bits per heavy atom. The average Bonchev–Trinajstić information content (AvgIpc) is 2.67. The van der Waals surface area contributed by atoms with Gasteiger partial charge in [0.2, 0.25) is 0 Å². The molecule has 0 unspecified atom stereocenters. The van der Waals surface area contributed by atoms with Crippen molar-refractivity contribution in [3.8, 4) is 0 Å². The Bertz CT molecular complexity index is 804. The zero-order chi connectivity index (χ0) is 18.5. The summed E-state index contributed by atoms with van der Waals surface area (Å²) in [5.74, 6) is -0.404. The Morgan fingerprint density at radius 3 is 2.62 bits per heavy atom. The molecule has 7 heteroatoms. The second kappa shape index (κ2) is 8.29. The molecule has 0 atom stereocenters. The molecule has 1 aromatic carbocycles. The van der Waals surface area contributed by atoms with Gasteiger partial charge >= 0.3 is 0 Å². The number of benzene rings is 1. The molecule has 1 aliphatic heterocycles. The van der Waals surface area contributed by atoms with Crippen molar-refractivity contribution in [1.82, 2.24) is 20.1 Å². The van der Waals surface area contributed by atoms with Crippen molar-refractivity contribution in [2.75, 3.05) is 33.2 Å². The smallest absolute Gasteiger partial charge is 0.272 e. The van der Waals surface area contributed by atoms with Crippen LogP contribution in [-0.2, 0) is 6.54 Å². The van der Waals surface area contributed by atoms with Gasteiger partial charge in [-0.25, -0.2) is 0 Å². The summed E-state index contributed by atoms with van der Waals surface area (Å²) in [4.78, 5) is 33.1. The predicted octanol–water partition coefficient (Wildman–Crippen LogP) is 2.05. The molecule has 1 fully saturated rings. The lowest BCUT2D eigenvalue weighted by atomic mass is 10.1. The van der Waals surface area contributed by atoms with Crippen LogP contribution in [0.3, 0.4) is 0 Å². The van der Waals surface area contributed by atoms with Gasteiger partial charge in [0.1, 0.15) is 5.69 Å². The van der Waals surface area contributed by atoms with E-state index in [1.165, 1.54) is 6.20 Å². The number of carbonyl (C=O) groups is 2. The van der Waals surface area contributed by atoms with Gasteiger partial charge in [-0.15, -0.1) is 0 Å². The number of nitrogens with zero attached hydrogens (tertiary/aromatic N) is 3. The van der Waals surface area contributed by atoms with Crippen molar-refractivity contribution in [3.63, 3.8) is 0 Å². The number of amides is 2. The van der Waals surface area contributed by atoms with Gasteiger partial charge in [-0.1, -0.05) is 29.8 Å². The van der Waals surface area contributed by atoms with Gasteiger partial charge in [0.05, 0.1) is 0 Å². The fourth-order valence-electron chi connectivity index (χ4n) is 2.78. The van der Waals surface area contributed by atoms with Crippen LogP contribution in [0, 0.1) is 0 Å². The number of hydrogen-bond donors (Lipinski definition) is 1. The second-order valence-corrected chi connectivity index (χ2v) is 6.71. The largest absolute Gasteiger partial charge is 0.348 e. The van der Waals surface area contributed by atoms with Crippen LogP contribution in [0.25, 0.3) is 0 Å². The van der Waals surface area contributed by atoms with E-state index in [1.54, 1.807) is 23.1 Å². The minimum Gasteiger partial charge on any atom is -0.348 e. The van der Waals surface area contributed by atoms with Crippen molar-refractivity contribution in [3.05, 3.63) is 64.4 Å². The Hall–Kier alpha value is -2.44. The van der Waals surface area contributed by atoms with Crippen LogP contribution in [0.15, 0.2) is 42.6 Å². The number of hydrogen-bond acceptors (Lipinski definition) is 4. The maximum absolute atomic E-state index is 12.6. The summed E-state index contributed by atoms with van der Waals surface area (Å²) in [7, 11) is 2.03. The first-order valence-corrected chi connectivity index (χ1v) is 8.88. The van der Waals surface area contributed by atoms with Gasteiger partial charge in [0.15, 0.2) is 0 Å². The normalized spacial score (nSPS) is 14.9. The molecule has 6 nitrogen and oxygen atoms in total. The third kappa shape index (κ3) is 4.39. The lowest BCUT2D eigenvalue weighted by molar-refractivity contribution is 0.0658. The van der Waals surface area contributed by atoms with Crippen molar-refractivity contribution < 1.29 is 9.59 Å². The second-order valence-electron chi connectivity index (χ2n) is 6.30. The minimum absolute atomic E-state index is 0.140. The van der Waals surface area contributed by atoms with Crippen LogP contribution in [0.5, 0.6) is 0 Å². The lowest BCUT2D eigenvalue weighted by Gasteiger charge is -2.32. The van der Waals surface area contributed by atoms with Gasteiger partial charge in [-0.05, 0) is 30.8 Å². The van der Waals surface area contributed by atoms with E-state index in [9.17, 15) is 9.59 Å². The highest BCUT2D eigenvalue weighted by Crippen LogP contribution is 2.15. The summed E-state index contributed by atoms with van der Waals surface area (Å²) in [5, 5.41) is 3.43. The van der Waals surface area contributed by atoms with Gasteiger partial charge in [-0.2, -0.15) is 0 Å². The van der Waals surface area contributed by atoms with E-state index < -0.39 is 0 Å². The summed E-state index contributed by atoms with van der Waals surface area (Å²) in [6, 6.07) is 10.5. The zero-order valence-corrected chi connectivity index (χ0v) is 15.4. The average molecular weight is 373 g/mol. The third-order valence-corrected chi connectivity index (χ3v) is 4.80. The minimum atomic E-state index is -0.264. The predicted molar refractivity (Wildman–Crippen MR) is 100 cm³/mol. The maximum atomic E-state index is 12.6. The highest BCUT2D eigenvalue weighted by Gasteiger charge is 2.22. The van der Waals surface area contributed by atoms with Crippen molar-refractivity contribution >= 4 is 23.4 Å². The van der Waals surface area contributed by atoms with E-state index in [0.29, 0.717) is 35.9 Å². The van der Waals surface area contributed by atoms with Crippen LogP contribution in [-0.4, -0.2) is 59.8 Å². The molecule has 0 saturated carbocycles. The topological polar surface area (TPSA) is 65.5 Å². The van der Waals surface area contributed by atoms with Crippen LogP contribution >= 0.6 is 11.6 Å². The van der Waals surface area contributed by atoms with Gasteiger partial charge in [-0.3, -0.25) is 14.6 Å². The van der Waals surface area contributed by atoms with Crippen LogP contribution in [0.2, 0.25) is 5.02 Å². The Morgan fingerprint density at radius 2 is 1.88 bits per heavy atom. The zero-order valence-electron chi connectivity index (χ0n) is 14.6. The molecule has 3 rings (SSSR count). The first-order chi connectivity index (χ1) is 12.5. The van der Waals surface area contributed by atoms with E-state index in [2.05, 4.69) is 15.2 Å². The molecule has 1 saturated heterocycles. The molecule has 1 aromatic heterocycles. The van der Waals surface area contributed by atoms with E-state index >= 15 is 0 Å². The number of nitrogens with one attached hydrogen (secondary N) is 1. The Balaban J connectivity index is 1.65. The number of pyridine rings is 1. The van der Waals surface area contributed by atoms with Gasteiger partial charge in [0, 0.05) is 49.5 Å². The molecular weight excluding hydrogens is 352 g/mol. The van der Waals surface area contributed by atoms with Crippen LogP contribution < -0.4 is 5.32 Å². The van der Waals surface area contributed by atoms with Crippen LogP contribution in [0.1, 0.15) is 26.4 Å². The highest BCUT2D eigenvalue weighted by molar-refractivity contribution is 6.31. The van der Waals surface area contributed by atoms with Gasteiger partial charge < -0.3 is 15.1 Å². The summed E-state index contributed by atoms with van der Waals surface area (Å²) < 4.78 is 0. The number of halogens is 1. The molecule has 2 heterocycles. The van der Waals surface area contributed by atoms with E-state index in [4.69, 9.17) is 11.6 Å². The molecule has 26 heavy (non-hydrogen) atoms. The molecule has 2 aromatic rings. The summed E-state index contributed by atoms with van der Waals surface area (Å²) >= 11 is 6.10. The molecule has 1 N–H and O–H groups in total. The van der Waals surface area contributed by atoms with Crippen molar-refractivity contribution in [1.29, 1.82) is 0 Å². The monoisotopic (exact) mass is 372 g/mol. The number of piperazine rings is 1. The third-order valence-electron chi connectivity index (χ3n) is 4.43. The summed E-state index contributed by atoms with van der Waals surface area (Å²) in [6.07, 6.45) is 1.49. The van der Waals surface area contributed by atoms with E-state index in [-0.39, 0.29) is 11.8 Å². The standard InChI is InChI=1S/C19H21ClN4O2/c1-23-8-10-24(11-9-23)19(26)17-12-14(6-7-21-17)18(25)22-13-15-4-2-3-5-16(15)20/h2-7,12H,8-11,13H2,1H3,(H,22,25). The van der Waals surface area contributed by atoms with Crippen LogP contribution in [0.4, 0.5) is 0 Å². The quantitative estimate of drug-likeness (QED) is 0.892. The molecule has 136 valence electrons. The first-order valence-electron chi connectivity index (χ1n) is 8.50. The molecule has 2 amide bonds. The van der Waals surface area contributed by atoms with Crippen molar-refractivity contribution in [2.24, 2.45) is 0 Å². The van der Waals surface area contributed by atoms with E-state index in [1.807, 2.05) is 25.2 Å². The summed E-state index contributed by atoms with van der Waals surface area (Å²) in [6.45, 7) is 3.33. The molecule has 0 spiro atoms. The SMILES string of the molecule is CN1CCN(C(=O)c2cc(C(=O)NCc3ccccc3Cl)ccn2)CC1. The number of aromatic nitrogens is 1. The number of rotatable bonds is 4. The summed E-state index contributed by atoms with van der Waals surface area (Å²) in [5.41, 5.74) is 1.54. The number of likely N-dealkylation sites (N-methyl/N-ethyl adjacent to an activating group) is 1. The fraction of sp³-hybridized carbons (Fsp3) is 0.316. The molecular formula is C19H21ClN4O2. The Labute approximate surface area is 157 Å². The Kier molecular flexibility index (Phi) is 5.85. The highest BCUT2D eigenvalue weighted by atomic mass is 35.5. The molecule has 0 bridgehead atoms. The van der Waals surface area contributed by atoms with Crippen molar-refractivity contribution in [2.45, 2.75) is 6.54 Å².